The first-order valence-corrected chi connectivity index (χ1v) is 5.38. The van der Waals surface area contributed by atoms with Gasteiger partial charge in [-0.15, -0.1) is 0 Å². The predicted octanol–water partition coefficient (Wildman–Crippen LogP) is -1.87. The molecule has 8 nitrogen and oxygen atoms in total. The lowest BCUT2D eigenvalue weighted by molar-refractivity contribution is -0.157. The molecule has 0 bridgehead atoms. The van der Waals surface area contributed by atoms with E-state index in [1.807, 2.05) is 0 Å². The molecule has 0 aromatic rings. The molecule has 0 radical (unpaired) electrons. The van der Waals surface area contributed by atoms with Crippen LogP contribution < -0.4 is 0 Å². The molecule has 0 aromatic carbocycles. The van der Waals surface area contributed by atoms with E-state index < -0.39 is 37.4 Å². The fourth-order valence-corrected chi connectivity index (χ4v) is 0.966. The van der Waals surface area contributed by atoms with Crippen molar-refractivity contribution in [3.8, 4) is 0 Å². The van der Waals surface area contributed by atoms with Crippen molar-refractivity contribution in [2.45, 2.75) is 25.0 Å². The van der Waals surface area contributed by atoms with Crippen molar-refractivity contribution < 1.29 is 39.5 Å². The van der Waals surface area contributed by atoms with Crippen molar-refractivity contribution in [1.29, 1.82) is 0 Å². The van der Waals surface area contributed by atoms with Crippen molar-refractivity contribution in [2.75, 3.05) is 26.4 Å². The van der Waals surface area contributed by atoms with E-state index in [4.69, 9.17) is 29.9 Å². The SMILES string of the molecule is O=C(O)CCC(=O)OC(CO)COCC(O)CO. The number of aliphatic carboxylic acids is 1. The fourth-order valence-electron chi connectivity index (χ4n) is 0.966. The molecule has 8 heteroatoms. The van der Waals surface area contributed by atoms with Crippen LogP contribution in [-0.2, 0) is 19.1 Å². The number of ether oxygens (including phenoxy) is 2. The minimum absolute atomic E-state index is 0.146. The molecule has 0 aliphatic heterocycles. The molecule has 18 heavy (non-hydrogen) atoms. The molecule has 0 heterocycles. The van der Waals surface area contributed by atoms with Crippen LogP contribution in [0, 0.1) is 0 Å². The molecule has 0 aliphatic carbocycles. The van der Waals surface area contributed by atoms with Crippen LogP contribution in [0.5, 0.6) is 0 Å². The summed E-state index contributed by atoms with van der Waals surface area (Å²) >= 11 is 0. The van der Waals surface area contributed by atoms with Gasteiger partial charge in [-0.1, -0.05) is 0 Å². The lowest BCUT2D eigenvalue weighted by atomic mass is 10.3. The second kappa shape index (κ2) is 9.77. The Bertz CT molecular complexity index is 254. The van der Waals surface area contributed by atoms with Gasteiger partial charge in [0.2, 0.25) is 0 Å². The first-order valence-electron chi connectivity index (χ1n) is 5.38. The van der Waals surface area contributed by atoms with Crippen molar-refractivity contribution in [3.05, 3.63) is 0 Å². The van der Waals surface area contributed by atoms with Crippen LogP contribution in [0.25, 0.3) is 0 Å². The Morgan fingerprint density at radius 1 is 1.06 bits per heavy atom. The van der Waals surface area contributed by atoms with Gasteiger partial charge in [0.05, 0.1) is 39.3 Å². The van der Waals surface area contributed by atoms with Gasteiger partial charge in [-0.25, -0.2) is 0 Å². The van der Waals surface area contributed by atoms with E-state index in [0.717, 1.165) is 0 Å². The van der Waals surface area contributed by atoms with Crippen LogP contribution in [0.4, 0.5) is 0 Å². The van der Waals surface area contributed by atoms with Gasteiger partial charge in [-0.05, 0) is 0 Å². The van der Waals surface area contributed by atoms with Crippen molar-refractivity contribution >= 4 is 11.9 Å². The summed E-state index contributed by atoms with van der Waals surface area (Å²) in [6.07, 6.45) is -2.59. The molecule has 106 valence electrons. The molecule has 0 saturated heterocycles. The lowest BCUT2D eigenvalue weighted by Gasteiger charge is -2.16. The summed E-state index contributed by atoms with van der Waals surface area (Å²) in [5.41, 5.74) is 0. The van der Waals surface area contributed by atoms with Crippen LogP contribution in [0.1, 0.15) is 12.8 Å². The third-order valence-corrected chi connectivity index (χ3v) is 1.87. The highest BCUT2D eigenvalue weighted by Crippen LogP contribution is 1.99. The molecule has 0 fully saturated rings. The van der Waals surface area contributed by atoms with E-state index in [1.165, 1.54) is 0 Å². The summed E-state index contributed by atoms with van der Waals surface area (Å²) in [6.45, 7) is -1.23. The molecular weight excluding hydrogens is 248 g/mol. The molecule has 2 atom stereocenters. The summed E-state index contributed by atoms with van der Waals surface area (Å²) in [4.78, 5) is 21.3. The zero-order valence-electron chi connectivity index (χ0n) is 9.82. The molecule has 0 saturated carbocycles. The van der Waals surface area contributed by atoms with E-state index in [1.54, 1.807) is 0 Å². The molecule has 0 aromatic heterocycles. The topological polar surface area (TPSA) is 134 Å². The number of aliphatic hydroxyl groups excluding tert-OH is 3. The maximum atomic E-state index is 11.1. The smallest absolute Gasteiger partial charge is 0.306 e. The monoisotopic (exact) mass is 266 g/mol. The molecule has 4 N–H and O–H groups in total. The maximum Gasteiger partial charge on any atom is 0.306 e. The van der Waals surface area contributed by atoms with E-state index in [-0.39, 0.29) is 26.1 Å². The van der Waals surface area contributed by atoms with Gasteiger partial charge >= 0.3 is 11.9 Å². The van der Waals surface area contributed by atoms with E-state index >= 15 is 0 Å². The van der Waals surface area contributed by atoms with Gasteiger partial charge in [0, 0.05) is 0 Å². The number of hydrogen-bond acceptors (Lipinski definition) is 7. The Morgan fingerprint density at radius 3 is 2.22 bits per heavy atom. The average Bonchev–Trinajstić information content (AvgIpc) is 2.34. The predicted molar refractivity (Wildman–Crippen MR) is 57.7 cm³/mol. The minimum atomic E-state index is -1.12. The Morgan fingerprint density at radius 2 is 1.72 bits per heavy atom. The maximum absolute atomic E-state index is 11.1. The number of aliphatic hydroxyl groups is 3. The summed E-state index contributed by atoms with van der Waals surface area (Å²) in [6, 6.07) is 0. The highest BCUT2D eigenvalue weighted by atomic mass is 16.6. The van der Waals surface area contributed by atoms with E-state index in [0.29, 0.717) is 0 Å². The number of hydrogen-bond donors (Lipinski definition) is 4. The average molecular weight is 266 g/mol. The number of carbonyl (C=O) groups is 2. The second-order valence-corrected chi connectivity index (χ2v) is 3.56. The fraction of sp³-hybridized carbons (Fsp3) is 0.800. The van der Waals surface area contributed by atoms with Gasteiger partial charge < -0.3 is 29.9 Å². The zero-order valence-corrected chi connectivity index (χ0v) is 9.82. The first kappa shape index (κ1) is 16.8. The Labute approximate surface area is 104 Å². The van der Waals surface area contributed by atoms with Crippen LogP contribution >= 0.6 is 0 Å². The third-order valence-electron chi connectivity index (χ3n) is 1.87. The summed E-state index contributed by atoms with van der Waals surface area (Å²) in [5, 5.41) is 34.7. The third kappa shape index (κ3) is 8.88. The van der Waals surface area contributed by atoms with Crippen LogP contribution in [-0.4, -0.2) is 71.0 Å². The van der Waals surface area contributed by atoms with Crippen molar-refractivity contribution in [1.82, 2.24) is 0 Å². The quantitative estimate of drug-likeness (QED) is 0.338. The summed E-state index contributed by atoms with van der Waals surface area (Å²) in [5.74, 6) is -1.86. The highest BCUT2D eigenvalue weighted by Gasteiger charge is 2.15. The second-order valence-electron chi connectivity index (χ2n) is 3.56. The number of carbonyl (C=O) groups excluding carboxylic acids is 1. The normalized spacial score (nSPS) is 13.9. The Kier molecular flexibility index (Phi) is 9.11. The highest BCUT2D eigenvalue weighted by molar-refractivity contribution is 5.76. The number of carboxylic acid groups (broad SMARTS) is 1. The molecule has 2 unspecified atom stereocenters. The van der Waals surface area contributed by atoms with E-state index in [2.05, 4.69) is 0 Å². The van der Waals surface area contributed by atoms with Gasteiger partial charge in [-0.2, -0.15) is 0 Å². The van der Waals surface area contributed by atoms with Gasteiger partial charge in [0.15, 0.2) is 0 Å². The Hall–Kier alpha value is -1.22. The molecule has 0 aliphatic rings. The van der Waals surface area contributed by atoms with E-state index in [9.17, 15) is 9.59 Å². The molecule has 0 rings (SSSR count). The minimum Gasteiger partial charge on any atom is -0.481 e. The van der Waals surface area contributed by atoms with Crippen LogP contribution in [0.2, 0.25) is 0 Å². The molecule has 0 amide bonds. The summed E-state index contributed by atoms with van der Waals surface area (Å²) in [7, 11) is 0. The first-order chi connectivity index (χ1) is 8.49. The van der Waals surface area contributed by atoms with Crippen LogP contribution in [0.15, 0.2) is 0 Å². The largest absolute Gasteiger partial charge is 0.481 e. The van der Waals surface area contributed by atoms with Crippen molar-refractivity contribution in [3.63, 3.8) is 0 Å². The zero-order chi connectivity index (χ0) is 14.0. The lowest BCUT2D eigenvalue weighted by Crippen LogP contribution is -2.30. The van der Waals surface area contributed by atoms with Crippen molar-refractivity contribution in [2.24, 2.45) is 0 Å². The van der Waals surface area contributed by atoms with Gasteiger partial charge in [0.1, 0.15) is 12.2 Å². The standard InChI is InChI=1S/C10H18O8/c11-3-7(13)5-17-6-8(4-12)18-10(16)2-1-9(14)15/h7-8,11-13H,1-6H2,(H,14,15). The van der Waals surface area contributed by atoms with Gasteiger partial charge in [-0.3, -0.25) is 9.59 Å². The number of carboxylic acids is 1. The Balaban J connectivity index is 3.81. The summed E-state index contributed by atoms with van der Waals surface area (Å²) < 4.78 is 9.65. The molecular formula is C10H18O8. The number of esters is 1. The van der Waals surface area contributed by atoms with Gasteiger partial charge in [0.25, 0.3) is 0 Å². The van der Waals surface area contributed by atoms with Crippen LogP contribution in [0.3, 0.4) is 0 Å². The molecule has 0 spiro atoms. The number of rotatable bonds is 10.